The van der Waals surface area contributed by atoms with E-state index in [2.05, 4.69) is 20.8 Å². The molecule has 2 fully saturated rings. The average molecular weight is 296 g/mol. The molecule has 0 amide bonds. The molecule has 5 nitrogen and oxygen atoms in total. The van der Waals surface area contributed by atoms with Crippen molar-refractivity contribution >= 4 is 0 Å². The van der Waals surface area contributed by atoms with Crippen LogP contribution in [0.5, 0.6) is 0 Å². The summed E-state index contributed by atoms with van der Waals surface area (Å²) in [6, 6.07) is 0. The van der Waals surface area contributed by atoms with Crippen LogP contribution in [0.4, 0.5) is 0 Å². The van der Waals surface area contributed by atoms with Crippen molar-refractivity contribution in [1.29, 1.82) is 0 Å². The van der Waals surface area contributed by atoms with Gasteiger partial charge < -0.3 is 23.7 Å². The van der Waals surface area contributed by atoms with Gasteiger partial charge in [0, 0.05) is 19.6 Å². The highest BCUT2D eigenvalue weighted by molar-refractivity contribution is 5.34. The molecule has 1 spiro atoms. The van der Waals surface area contributed by atoms with Gasteiger partial charge in [0.2, 0.25) is 11.6 Å². The molecule has 0 N–H and O–H groups in total. The van der Waals surface area contributed by atoms with E-state index in [0.29, 0.717) is 13.2 Å². The largest absolute Gasteiger partial charge is 0.362 e. The van der Waals surface area contributed by atoms with E-state index in [-0.39, 0.29) is 11.5 Å². The van der Waals surface area contributed by atoms with Gasteiger partial charge in [-0.05, 0) is 31.2 Å². The van der Waals surface area contributed by atoms with Crippen molar-refractivity contribution in [3.05, 3.63) is 24.3 Å². The second kappa shape index (κ2) is 4.64. The lowest BCUT2D eigenvalue weighted by atomic mass is 9.65. The fraction of sp³-hybridized carbons (Fsp3) is 0.750. The molecule has 5 heteroatoms. The molecule has 0 aromatic rings. The highest BCUT2D eigenvalue weighted by Crippen LogP contribution is 2.54. The summed E-state index contributed by atoms with van der Waals surface area (Å²) < 4.78 is 29.1. The van der Waals surface area contributed by atoms with Gasteiger partial charge in [-0.25, -0.2) is 0 Å². The molecule has 2 aliphatic heterocycles. The quantitative estimate of drug-likeness (QED) is 0.730. The lowest BCUT2D eigenvalue weighted by Crippen LogP contribution is -2.63. The van der Waals surface area contributed by atoms with Gasteiger partial charge in [0.25, 0.3) is 0 Å². The molecule has 3 atom stereocenters. The topological polar surface area (TPSA) is 46.2 Å². The smallest absolute Gasteiger partial charge is 0.248 e. The van der Waals surface area contributed by atoms with Gasteiger partial charge in [-0.1, -0.05) is 13.8 Å². The van der Waals surface area contributed by atoms with Crippen molar-refractivity contribution in [1.82, 2.24) is 0 Å². The Balaban J connectivity index is 2.08. The maximum Gasteiger partial charge on any atom is 0.248 e. The van der Waals surface area contributed by atoms with E-state index in [1.807, 2.05) is 24.3 Å². The summed E-state index contributed by atoms with van der Waals surface area (Å²) in [6.45, 7) is 7.35. The molecule has 2 saturated heterocycles. The van der Waals surface area contributed by atoms with Crippen LogP contribution < -0.4 is 0 Å². The van der Waals surface area contributed by atoms with Gasteiger partial charge >= 0.3 is 0 Å². The van der Waals surface area contributed by atoms with E-state index in [1.54, 1.807) is 14.2 Å². The second-order valence-corrected chi connectivity index (χ2v) is 6.38. The van der Waals surface area contributed by atoms with Gasteiger partial charge in [-0.2, -0.15) is 0 Å². The zero-order valence-electron chi connectivity index (χ0n) is 13.3. The van der Waals surface area contributed by atoms with Gasteiger partial charge in [-0.15, -0.1) is 0 Å². The average Bonchev–Trinajstić information content (AvgIpc) is 2.65. The SMILES string of the molecule is CO[C@@]12C=CC3(C=C[C@@]1(OC)OCCO2)OC(C)C3(C)C. The molecule has 0 radical (unpaired) electrons. The molecule has 1 unspecified atom stereocenters. The molecule has 0 bridgehead atoms. The summed E-state index contributed by atoms with van der Waals surface area (Å²) in [5, 5.41) is 0. The molecule has 3 aliphatic rings. The maximum atomic E-state index is 6.05. The normalized spacial score (nSPS) is 47.8. The fourth-order valence-electron chi connectivity index (χ4n) is 3.34. The van der Waals surface area contributed by atoms with Crippen molar-refractivity contribution in [3.63, 3.8) is 0 Å². The van der Waals surface area contributed by atoms with Gasteiger partial charge in [0.1, 0.15) is 5.60 Å². The van der Waals surface area contributed by atoms with E-state index in [0.717, 1.165) is 0 Å². The van der Waals surface area contributed by atoms with E-state index in [9.17, 15) is 0 Å². The first kappa shape index (κ1) is 15.2. The van der Waals surface area contributed by atoms with Crippen molar-refractivity contribution in [2.45, 2.75) is 44.1 Å². The number of rotatable bonds is 2. The number of hydrogen-bond acceptors (Lipinski definition) is 5. The molecule has 1 aliphatic carbocycles. The number of methoxy groups -OCH3 is 2. The Morgan fingerprint density at radius 2 is 1.38 bits per heavy atom. The number of fused-ring (bicyclic) bond motifs is 1. The fourth-order valence-corrected chi connectivity index (χ4v) is 3.34. The number of hydrogen-bond donors (Lipinski definition) is 0. The van der Waals surface area contributed by atoms with E-state index in [4.69, 9.17) is 23.7 Å². The first-order valence-electron chi connectivity index (χ1n) is 7.34. The van der Waals surface area contributed by atoms with Crippen LogP contribution in [0, 0.1) is 5.41 Å². The minimum absolute atomic E-state index is 0.0304. The van der Waals surface area contributed by atoms with Crippen molar-refractivity contribution < 1.29 is 23.7 Å². The third kappa shape index (κ3) is 1.75. The predicted octanol–water partition coefficient (Wildman–Crippen LogP) is 2.03. The van der Waals surface area contributed by atoms with Crippen LogP contribution >= 0.6 is 0 Å². The zero-order chi connectivity index (χ0) is 15.4. The molecular weight excluding hydrogens is 272 g/mol. The Hall–Kier alpha value is -0.720. The zero-order valence-corrected chi connectivity index (χ0v) is 13.3. The Labute approximate surface area is 125 Å². The monoisotopic (exact) mass is 296 g/mol. The lowest BCUT2D eigenvalue weighted by molar-refractivity contribution is -0.389. The summed E-state index contributed by atoms with van der Waals surface area (Å²) in [5.41, 5.74) is -0.523. The molecule has 0 aromatic heterocycles. The number of ether oxygens (including phenoxy) is 5. The van der Waals surface area contributed by atoms with E-state index in [1.165, 1.54) is 0 Å². The van der Waals surface area contributed by atoms with Crippen molar-refractivity contribution in [2.75, 3.05) is 27.4 Å². The summed E-state index contributed by atoms with van der Waals surface area (Å²) in [7, 11) is 3.18. The third-order valence-corrected chi connectivity index (χ3v) is 5.30. The van der Waals surface area contributed by atoms with Crippen LogP contribution in [-0.4, -0.2) is 50.7 Å². The Morgan fingerprint density at radius 3 is 1.71 bits per heavy atom. The van der Waals surface area contributed by atoms with Crippen LogP contribution in [0.15, 0.2) is 24.3 Å². The second-order valence-electron chi connectivity index (χ2n) is 6.38. The molecular formula is C16H24O5. The first-order chi connectivity index (χ1) is 9.87. The molecule has 3 rings (SSSR count). The Bertz CT molecular complexity index is 453. The van der Waals surface area contributed by atoms with E-state index < -0.39 is 17.2 Å². The molecule has 2 heterocycles. The van der Waals surface area contributed by atoms with Crippen LogP contribution in [0.1, 0.15) is 20.8 Å². The molecule has 21 heavy (non-hydrogen) atoms. The highest BCUT2D eigenvalue weighted by Gasteiger charge is 2.62. The molecule has 0 aromatic carbocycles. The standard InChI is InChI=1S/C16H24O5/c1-12-13(2,3)14(21-12)6-8-15(17-4)16(18-5,9-7-14)20-11-10-19-15/h6-9,12H,10-11H2,1-5H3/t12?,15-,16-/m1/s1. The molecule has 118 valence electrons. The summed E-state index contributed by atoms with van der Waals surface area (Å²) in [4.78, 5) is 0. The van der Waals surface area contributed by atoms with Crippen LogP contribution in [0.2, 0.25) is 0 Å². The highest BCUT2D eigenvalue weighted by atomic mass is 16.8. The van der Waals surface area contributed by atoms with Crippen LogP contribution in [0.3, 0.4) is 0 Å². The predicted molar refractivity (Wildman–Crippen MR) is 76.7 cm³/mol. The van der Waals surface area contributed by atoms with Crippen LogP contribution in [0.25, 0.3) is 0 Å². The minimum atomic E-state index is -1.10. The van der Waals surface area contributed by atoms with Crippen LogP contribution in [-0.2, 0) is 23.7 Å². The minimum Gasteiger partial charge on any atom is -0.362 e. The first-order valence-corrected chi connectivity index (χ1v) is 7.34. The van der Waals surface area contributed by atoms with Crippen molar-refractivity contribution in [2.24, 2.45) is 5.41 Å². The Morgan fingerprint density at radius 1 is 0.905 bits per heavy atom. The summed E-state index contributed by atoms with van der Waals surface area (Å²) in [5.74, 6) is -2.20. The summed E-state index contributed by atoms with van der Waals surface area (Å²) >= 11 is 0. The van der Waals surface area contributed by atoms with Gasteiger partial charge in [0.05, 0.1) is 19.3 Å². The lowest BCUT2D eigenvalue weighted by Gasteiger charge is -2.57. The van der Waals surface area contributed by atoms with Crippen molar-refractivity contribution in [3.8, 4) is 0 Å². The van der Waals surface area contributed by atoms with Gasteiger partial charge in [0.15, 0.2) is 0 Å². The van der Waals surface area contributed by atoms with E-state index >= 15 is 0 Å². The van der Waals surface area contributed by atoms with Gasteiger partial charge in [-0.3, -0.25) is 0 Å². The third-order valence-electron chi connectivity index (χ3n) is 5.30. The Kier molecular flexibility index (Phi) is 3.35. The molecule has 0 saturated carbocycles. The summed E-state index contributed by atoms with van der Waals surface area (Å²) in [6.07, 6.45) is 7.91. The maximum absolute atomic E-state index is 6.05.